The highest BCUT2D eigenvalue weighted by Crippen LogP contribution is 2.20. The number of hydrogen-bond donors (Lipinski definition) is 2. The minimum Gasteiger partial charge on any atom is -0.489 e. The zero-order chi connectivity index (χ0) is 12.4. The highest BCUT2D eigenvalue weighted by Gasteiger charge is 2.14. The molecule has 0 aliphatic carbocycles. The van der Waals surface area contributed by atoms with Crippen molar-refractivity contribution in [2.75, 3.05) is 13.1 Å². The van der Waals surface area contributed by atoms with E-state index in [2.05, 4.69) is 15.3 Å². The van der Waals surface area contributed by atoms with Gasteiger partial charge < -0.3 is 15.0 Å². The van der Waals surface area contributed by atoms with Gasteiger partial charge in [-0.15, -0.1) is 12.4 Å². The van der Waals surface area contributed by atoms with Crippen LogP contribution in [0.2, 0.25) is 0 Å². The summed E-state index contributed by atoms with van der Waals surface area (Å²) in [6.07, 6.45) is 4.02. The predicted octanol–water partition coefficient (Wildman–Crippen LogP) is 1.48. The summed E-state index contributed by atoms with van der Waals surface area (Å²) in [4.78, 5) is 17.5. The van der Waals surface area contributed by atoms with Crippen LogP contribution in [0, 0.1) is 0 Å². The molecule has 3 rings (SSSR count). The molecule has 0 bridgehead atoms. The van der Waals surface area contributed by atoms with Crippen LogP contribution in [0.15, 0.2) is 29.2 Å². The predicted molar refractivity (Wildman–Crippen MR) is 76.1 cm³/mol. The van der Waals surface area contributed by atoms with Gasteiger partial charge in [-0.2, -0.15) is 0 Å². The zero-order valence-electron chi connectivity index (χ0n) is 10.4. The lowest BCUT2D eigenvalue weighted by molar-refractivity contribution is 0.167. The number of hydrogen-bond acceptors (Lipinski definition) is 4. The first-order valence-electron chi connectivity index (χ1n) is 6.18. The fourth-order valence-corrected chi connectivity index (χ4v) is 2.22. The molecule has 2 aromatic rings. The Balaban J connectivity index is 0.00000133. The summed E-state index contributed by atoms with van der Waals surface area (Å²) in [6, 6.07) is 5.64. The number of benzene rings is 1. The first-order chi connectivity index (χ1) is 8.81. The molecule has 2 N–H and O–H groups in total. The van der Waals surface area contributed by atoms with E-state index in [0.717, 1.165) is 42.6 Å². The van der Waals surface area contributed by atoms with Crippen molar-refractivity contribution in [3.63, 3.8) is 0 Å². The Labute approximate surface area is 116 Å². The summed E-state index contributed by atoms with van der Waals surface area (Å²) in [7, 11) is 0. The molecule has 102 valence electrons. The Kier molecular flexibility index (Phi) is 4.39. The molecule has 1 saturated heterocycles. The number of aromatic amines is 1. The minimum atomic E-state index is -0.326. The lowest BCUT2D eigenvalue weighted by Crippen LogP contribution is -2.37. The normalized spacial score (nSPS) is 18.8. The zero-order valence-corrected chi connectivity index (χ0v) is 11.2. The van der Waals surface area contributed by atoms with Crippen molar-refractivity contribution in [3.05, 3.63) is 34.9 Å². The number of rotatable bonds is 2. The monoisotopic (exact) mass is 281 g/mol. The number of H-pyrrole nitrogens is 1. The summed E-state index contributed by atoms with van der Waals surface area (Å²) in [5.41, 5.74) is 0.455. The van der Waals surface area contributed by atoms with Crippen LogP contribution in [-0.2, 0) is 0 Å². The van der Waals surface area contributed by atoms with Gasteiger partial charge in [-0.3, -0.25) is 0 Å². The molecule has 1 aliphatic rings. The van der Waals surface area contributed by atoms with Gasteiger partial charge in [0.25, 0.3) is 0 Å². The second-order valence-electron chi connectivity index (χ2n) is 4.52. The second-order valence-corrected chi connectivity index (χ2v) is 4.52. The van der Waals surface area contributed by atoms with E-state index in [4.69, 9.17) is 4.74 Å². The molecule has 19 heavy (non-hydrogen) atoms. The third-order valence-corrected chi connectivity index (χ3v) is 3.14. The third kappa shape index (κ3) is 3.24. The number of nitrogens with one attached hydrogen (secondary N) is 2. The van der Waals surface area contributed by atoms with Gasteiger partial charge in [-0.05, 0) is 37.6 Å². The van der Waals surface area contributed by atoms with Crippen molar-refractivity contribution >= 4 is 23.3 Å². The van der Waals surface area contributed by atoms with Gasteiger partial charge >= 0.3 is 5.69 Å². The van der Waals surface area contributed by atoms with Crippen LogP contribution in [0.1, 0.15) is 12.8 Å². The molecule has 1 fully saturated rings. The van der Waals surface area contributed by atoms with E-state index >= 15 is 0 Å². The third-order valence-electron chi connectivity index (χ3n) is 3.14. The second kappa shape index (κ2) is 6.04. The highest BCUT2D eigenvalue weighted by molar-refractivity contribution is 5.85. The molecule has 0 unspecified atom stereocenters. The lowest BCUT2D eigenvalue weighted by Gasteiger charge is -2.24. The van der Waals surface area contributed by atoms with Gasteiger partial charge in [0.1, 0.15) is 11.9 Å². The molecule has 1 aliphatic heterocycles. The van der Waals surface area contributed by atoms with Gasteiger partial charge in [0, 0.05) is 18.1 Å². The van der Waals surface area contributed by atoms with Crippen LogP contribution in [0.5, 0.6) is 5.75 Å². The van der Waals surface area contributed by atoms with Crippen molar-refractivity contribution in [2.24, 2.45) is 0 Å². The number of nitrogens with zero attached hydrogens (tertiary/aromatic N) is 1. The van der Waals surface area contributed by atoms with E-state index in [9.17, 15) is 4.79 Å². The number of piperidine rings is 1. The Morgan fingerprint density at radius 1 is 1.37 bits per heavy atom. The maximum Gasteiger partial charge on any atom is 0.345 e. The standard InChI is InChI=1S/C13H15N3O2.ClH/c17-13-15-7-9-6-10(3-4-12(9)16-13)18-11-2-1-5-14-8-11;/h3-4,6-7,11,14H,1-2,5,8H2,(H,15,16,17);1H/t11-;/m0./s1. The summed E-state index contributed by atoms with van der Waals surface area (Å²) in [5.74, 6) is 0.824. The van der Waals surface area contributed by atoms with Crippen LogP contribution >= 0.6 is 12.4 Å². The molecule has 6 heteroatoms. The van der Waals surface area contributed by atoms with Crippen molar-refractivity contribution in [1.82, 2.24) is 15.3 Å². The Morgan fingerprint density at radius 2 is 2.26 bits per heavy atom. The summed E-state index contributed by atoms with van der Waals surface area (Å²) in [5, 5.41) is 4.20. The quantitative estimate of drug-likeness (QED) is 0.875. The number of aromatic nitrogens is 2. The van der Waals surface area contributed by atoms with Gasteiger partial charge in [-0.1, -0.05) is 0 Å². The largest absolute Gasteiger partial charge is 0.489 e. The van der Waals surface area contributed by atoms with Crippen molar-refractivity contribution in [2.45, 2.75) is 18.9 Å². The van der Waals surface area contributed by atoms with E-state index < -0.39 is 0 Å². The van der Waals surface area contributed by atoms with E-state index in [-0.39, 0.29) is 24.2 Å². The van der Waals surface area contributed by atoms with Crippen LogP contribution in [0.25, 0.3) is 10.9 Å². The van der Waals surface area contributed by atoms with Crippen molar-refractivity contribution in [3.8, 4) is 5.75 Å². The van der Waals surface area contributed by atoms with Crippen LogP contribution < -0.4 is 15.7 Å². The van der Waals surface area contributed by atoms with Gasteiger partial charge in [0.2, 0.25) is 0 Å². The number of fused-ring (bicyclic) bond motifs is 1. The fraction of sp³-hybridized carbons (Fsp3) is 0.385. The van der Waals surface area contributed by atoms with Gasteiger partial charge in [-0.25, -0.2) is 9.78 Å². The molecule has 1 aromatic heterocycles. The maximum absolute atomic E-state index is 11.1. The smallest absolute Gasteiger partial charge is 0.345 e. The summed E-state index contributed by atoms with van der Waals surface area (Å²) < 4.78 is 5.91. The number of ether oxygens (including phenoxy) is 1. The van der Waals surface area contributed by atoms with Crippen LogP contribution in [-0.4, -0.2) is 29.2 Å². The topological polar surface area (TPSA) is 67.0 Å². The average molecular weight is 282 g/mol. The maximum atomic E-state index is 11.1. The van der Waals surface area contributed by atoms with E-state index in [1.165, 1.54) is 0 Å². The Morgan fingerprint density at radius 3 is 3.05 bits per heavy atom. The van der Waals surface area contributed by atoms with E-state index in [1.54, 1.807) is 6.20 Å². The molecule has 2 heterocycles. The van der Waals surface area contributed by atoms with Gasteiger partial charge in [0.05, 0.1) is 5.52 Å². The molecule has 0 amide bonds. The number of halogens is 1. The van der Waals surface area contributed by atoms with E-state index in [1.807, 2.05) is 18.2 Å². The SMILES string of the molecule is Cl.O=c1ncc2cc(O[C@H]3CCCNC3)ccc2[nH]1. The summed E-state index contributed by atoms with van der Waals surface area (Å²) >= 11 is 0. The van der Waals surface area contributed by atoms with Gasteiger partial charge in [0.15, 0.2) is 0 Å². The van der Waals surface area contributed by atoms with E-state index in [0.29, 0.717) is 0 Å². The van der Waals surface area contributed by atoms with Crippen molar-refractivity contribution in [1.29, 1.82) is 0 Å². The Hall–Kier alpha value is -1.59. The average Bonchev–Trinajstić information content (AvgIpc) is 2.40. The molecule has 1 atom stereocenters. The molecular formula is C13H16ClN3O2. The van der Waals surface area contributed by atoms with Crippen molar-refractivity contribution < 1.29 is 4.74 Å². The molecular weight excluding hydrogens is 266 g/mol. The fourth-order valence-electron chi connectivity index (χ4n) is 2.22. The molecule has 0 spiro atoms. The van der Waals surface area contributed by atoms with Crippen LogP contribution in [0.4, 0.5) is 0 Å². The molecule has 5 nitrogen and oxygen atoms in total. The minimum absolute atomic E-state index is 0. The first-order valence-corrected chi connectivity index (χ1v) is 6.18. The molecule has 1 aromatic carbocycles. The molecule has 0 radical (unpaired) electrons. The first kappa shape index (κ1) is 13.8. The highest BCUT2D eigenvalue weighted by atomic mass is 35.5. The lowest BCUT2D eigenvalue weighted by atomic mass is 10.1. The summed E-state index contributed by atoms with van der Waals surface area (Å²) in [6.45, 7) is 1.96. The molecule has 0 saturated carbocycles. The Bertz CT molecular complexity index is 608. The van der Waals surface area contributed by atoms with Crippen LogP contribution in [0.3, 0.4) is 0 Å².